The van der Waals surface area contributed by atoms with E-state index in [1.807, 2.05) is 66.5 Å². The summed E-state index contributed by atoms with van der Waals surface area (Å²) >= 11 is 5.10. The van der Waals surface area contributed by atoms with Crippen molar-refractivity contribution in [2.24, 2.45) is 0 Å². The number of nitrogens with zero attached hydrogens (tertiary/aromatic N) is 2. The van der Waals surface area contributed by atoms with Crippen LogP contribution in [0.3, 0.4) is 0 Å². The molecule has 1 atom stereocenters. The van der Waals surface area contributed by atoms with E-state index in [0.717, 1.165) is 20.1 Å². The zero-order chi connectivity index (χ0) is 19.9. The molecule has 3 aromatic rings. The van der Waals surface area contributed by atoms with Crippen molar-refractivity contribution < 1.29 is 9.59 Å². The van der Waals surface area contributed by atoms with E-state index in [9.17, 15) is 9.59 Å². The Morgan fingerprint density at radius 1 is 1.11 bits per heavy atom. The fourth-order valence-corrected chi connectivity index (χ4v) is 5.08. The maximum atomic E-state index is 13.2. The Balaban J connectivity index is 1.55. The zero-order valence-corrected chi connectivity index (χ0v) is 18.0. The molecule has 5 nitrogen and oxygen atoms in total. The van der Waals surface area contributed by atoms with Gasteiger partial charge in [0.2, 0.25) is 0 Å². The van der Waals surface area contributed by atoms with Crippen molar-refractivity contribution in [3.05, 3.63) is 68.8 Å². The Kier molecular flexibility index (Phi) is 4.99. The van der Waals surface area contributed by atoms with Gasteiger partial charge in [-0.25, -0.2) is 9.69 Å². The molecule has 3 amide bonds. The van der Waals surface area contributed by atoms with Crippen LogP contribution in [-0.2, 0) is 16.9 Å². The molecule has 0 aliphatic carbocycles. The maximum Gasteiger partial charge on any atom is 0.326 e. The topological polar surface area (TPSA) is 52.6 Å². The number of nitrogens with one attached hydrogen (secondary N) is 1. The van der Waals surface area contributed by atoms with Gasteiger partial charge in [0.25, 0.3) is 5.91 Å². The third-order valence-electron chi connectivity index (χ3n) is 5.04. The first kappa shape index (κ1) is 19.1. The number of carbonyl (C=O) groups excluding carboxylic acids is 2. The van der Waals surface area contributed by atoms with E-state index in [1.165, 1.54) is 9.78 Å². The van der Waals surface area contributed by atoms with Crippen molar-refractivity contribution in [3.63, 3.8) is 0 Å². The van der Waals surface area contributed by atoms with Gasteiger partial charge in [0.05, 0.1) is 10.5 Å². The molecule has 1 aromatic heterocycles. The number of thiophene rings is 1. The van der Waals surface area contributed by atoms with Gasteiger partial charge in [-0.1, -0.05) is 36.4 Å². The van der Waals surface area contributed by atoms with Crippen LogP contribution in [0, 0.1) is 0 Å². The van der Waals surface area contributed by atoms with E-state index >= 15 is 0 Å². The molecule has 1 N–H and O–H groups in total. The highest BCUT2D eigenvalue weighted by atomic mass is 79.9. The minimum absolute atomic E-state index is 0.230. The van der Waals surface area contributed by atoms with Gasteiger partial charge in [-0.15, -0.1) is 11.3 Å². The van der Waals surface area contributed by atoms with Crippen molar-refractivity contribution in [1.29, 1.82) is 0 Å². The average molecular weight is 458 g/mol. The maximum absolute atomic E-state index is 13.2. The molecule has 0 spiro atoms. The van der Waals surface area contributed by atoms with E-state index in [-0.39, 0.29) is 18.6 Å². The lowest BCUT2D eigenvalue weighted by Crippen LogP contribution is -2.42. The summed E-state index contributed by atoms with van der Waals surface area (Å²) in [7, 11) is 1.90. The number of hydrogen-bond acceptors (Lipinski definition) is 4. The van der Waals surface area contributed by atoms with Gasteiger partial charge in [0, 0.05) is 11.4 Å². The number of urea groups is 1. The first-order valence-corrected chi connectivity index (χ1v) is 10.5. The fourth-order valence-electron chi connectivity index (χ4n) is 3.52. The second-order valence-corrected chi connectivity index (χ2v) is 9.76. The van der Waals surface area contributed by atoms with Crippen molar-refractivity contribution in [3.8, 4) is 0 Å². The molecule has 0 radical (unpaired) electrons. The monoisotopic (exact) mass is 457 g/mol. The zero-order valence-electron chi connectivity index (χ0n) is 15.6. The van der Waals surface area contributed by atoms with Gasteiger partial charge < -0.3 is 5.32 Å². The Bertz CT molecular complexity index is 1070. The minimum Gasteiger partial charge on any atom is -0.319 e. The van der Waals surface area contributed by atoms with Gasteiger partial charge in [0.15, 0.2) is 0 Å². The van der Waals surface area contributed by atoms with Crippen molar-refractivity contribution in [2.75, 3.05) is 13.7 Å². The highest BCUT2D eigenvalue weighted by molar-refractivity contribution is 9.11. The summed E-state index contributed by atoms with van der Waals surface area (Å²) < 4.78 is 1.06. The van der Waals surface area contributed by atoms with Crippen LogP contribution in [0.4, 0.5) is 4.79 Å². The van der Waals surface area contributed by atoms with Crippen molar-refractivity contribution >= 4 is 50.0 Å². The lowest BCUT2D eigenvalue weighted by Gasteiger charge is -2.25. The van der Waals surface area contributed by atoms with E-state index in [4.69, 9.17) is 0 Å². The van der Waals surface area contributed by atoms with Crippen LogP contribution in [0.5, 0.6) is 0 Å². The highest BCUT2D eigenvalue weighted by Crippen LogP contribution is 2.31. The Morgan fingerprint density at radius 3 is 2.57 bits per heavy atom. The molecule has 1 fully saturated rings. The molecule has 1 aliphatic heterocycles. The van der Waals surface area contributed by atoms with Gasteiger partial charge in [0.1, 0.15) is 5.54 Å². The number of hydrogen-bond donors (Lipinski definition) is 1. The van der Waals surface area contributed by atoms with Gasteiger partial charge in [-0.3, -0.25) is 9.69 Å². The quantitative estimate of drug-likeness (QED) is 0.572. The van der Waals surface area contributed by atoms with Crippen LogP contribution >= 0.6 is 27.3 Å². The summed E-state index contributed by atoms with van der Waals surface area (Å²) in [5, 5.41) is 5.04. The van der Waals surface area contributed by atoms with Crippen molar-refractivity contribution in [1.82, 2.24) is 15.1 Å². The summed E-state index contributed by atoms with van der Waals surface area (Å²) in [5.41, 5.74) is -0.273. The lowest BCUT2D eigenvalue weighted by molar-refractivity contribution is -0.132. The number of imide groups is 1. The summed E-state index contributed by atoms with van der Waals surface area (Å²) in [6, 6.07) is 17.5. The second kappa shape index (κ2) is 7.31. The van der Waals surface area contributed by atoms with Crippen LogP contribution in [0.15, 0.2) is 58.4 Å². The predicted molar refractivity (Wildman–Crippen MR) is 115 cm³/mol. The Morgan fingerprint density at radius 2 is 1.86 bits per heavy atom. The minimum atomic E-state index is -1.06. The normalized spacial score (nSPS) is 19.6. The summed E-state index contributed by atoms with van der Waals surface area (Å²) in [6.07, 6.45) is 0. The molecule has 2 heterocycles. The number of rotatable bonds is 5. The molecule has 28 heavy (non-hydrogen) atoms. The molecule has 0 saturated carbocycles. The van der Waals surface area contributed by atoms with Gasteiger partial charge in [-0.05, 0) is 64.4 Å². The Hall–Kier alpha value is -2.22. The first-order chi connectivity index (χ1) is 13.4. The summed E-state index contributed by atoms with van der Waals surface area (Å²) in [4.78, 5) is 30.2. The molecular formula is C21H20BrN3O2S. The number of benzene rings is 2. The van der Waals surface area contributed by atoms with Crippen LogP contribution in [-0.4, -0.2) is 35.5 Å². The third kappa shape index (κ3) is 3.45. The van der Waals surface area contributed by atoms with E-state index in [0.29, 0.717) is 6.54 Å². The molecule has 0 bridgehead atoms. The highest BCUT2D eigenvalue weighted by Gasteiger charge is 2.49. The smallest absolute Gasteiger partial charge is 0.319 e. The van der Waals surface area contributed by atoms with E-state index in [2.05, 4.69) is 21.2 Å². The Labute approximate surface area is 176 Å². The molecule has 1 aliphatic rings. The van der Waals surface area contributed by atoms with Crippen LogP contribution in [0.25, 0.3) is 10.8 Å². The summed E-state index contributed by atoms with van der Waals surface area (Å²) in [6.45, 7) is 2.68. The standard InChI is InChI=1S/C21H20BrN3O2S/c1-21(16-8-7-14-5-3-4-6-15(14)11-16)19(26)25(20(27)23-21)13-24(2)12-17-9-10-18(22)28-17/h3-11H,12-13H2,1-2H3,(H,23,27). The molecule has 2 aromatic carbocycles. The number of carbonyl (C=O) groups is 2. The molecule has 144 valence electrons. The molecular weight excluding hydrogens is 438 g/mol. The second-order valence-electron chi connectivity index (χ2n) is 7.21. The SMILES string of the molecule is CN(Cc1ccc(Br)s1)CN1C(=O)NC(C)(c2ccc3ccccc3c2)C1=O. The van der Waals surface area contributed by atoms with E-state index < -0.39 is 5.54 Å². The van der Waals surface area contributed by atoms with Crippen LogP contribution in [0.1, 0.15) is 17.4 Å². The number of fused-ring (bicyclic) bond motifs is 1. The van der Waals surface area contributed by atoms with E-state index in [1.54, 1.807) is 18.3 Å². The third-order valence-corrected chi connectivity index (χ3v) is 6.65. The molecule has 4 rings (SSSR count). The van der Waals surface area contributed by atoms with Crippen molar-refractivity contribution in [2.45, 2.75) is 19.0 Å². The predicted octanol–water partition coefficient (Wildman–Crippen LogP) is 4.52. The molecule has 1 unspecified atom stereocenters. The number of amides is 3. The average Bonchev–Trinajstić information content (AvgIpc) is 3.17. The van der Waals surface area contributed by atoms with Crippen LogP contribution < -0.4 is 5.32 Å². The molecule has 1 saturated heterocycles. The summed E-state index contributed by atoms with van der Waals surface area (Å²) in [5.74, 6) is -0.230. The lowest BCUT2D eigenvalue weighted by atomic mass is 9.90. The van der Waals surface area contributed by atoms with Crippen LogP contribution in [0.2, 0.25) is 0 Å². The molecule has 7 heteroatoms. The largest absolute Gasteiger partial charge is 0.326 e. The fraction of sp³-hybridized carbons (Fsp3) is 0.238. The van der Waals surface area contributed by atoms with Gasteiger partial charge in [-0.2, -0.15) is 0 Å². The first-order valence-electron chi connectivity index (χ1n) is 8.93. The number of halogens is 1. The van der Waals surface area contributed by atoms with Gasteiger partial charge >= 0.3 is 6.03 Å².